The number of anilines is 1. The van der Waals surface area contributed by atoms with E-state index in [9.17, 15) is 14.4 Å². The van der Waals surface area contributed by atoms with Crippen LogP contribution in [0.2, 0.25) is 0 Å². The normalized spacial score (nSPS) is 18.8. The highest BCUT2D eigenvalue weighted by molar-refractivity contribution is 6.20. The standard InChI is InChI=1S/C24H29N5O3/c1-3-9-17-22(31)21-23(28(2)24(17)32)26-19(25-21)12-7-8-15-29-20(30)14-13-18(27-29)16-10-5-4-6-11-16/h4-6,10-11,17H,3,7-9,12-15H2,1-2H3,(H,25,26). The Morgan fingerprint density at radius 2 is 1.88 bits per heavy atom. The van der Waals surface area contributed by atoms with E-state index in [0.717, 1.165) is 30.5 Å². The van der Waals surface area contributed by atoms with Crippen molar-refractivity contribution in [2.75, 3.05) is 18.5 Å². The van der Waals surface area contributed by atoms with Gasteiger partial charge in [0.05, 0.1) is 5.71 Å². The lowest BCUT2D eigenvalue weighted by molar-refractivity contribution is -0.131. The smallest absolute Gasteiger partial charge is 0.243 e. The minimum absolute atomic E-state index is 0.0471. The number of amides is 2. The van der Waals surface area contributed by atoms with Gasteiger partial charge in [0.1, 0.15) is 17.4 Å². The minimum atomic E-state index is -0.618. The molecule has 2 aliphatic rings. The summed E-state index contributed by atoms with van der Waals surface area (Å²) in [4.78, 5) is 46.6. The Kier molecular flexibility index (Phi) is 6.48. The Morgan fingerprint density at radius 3 is 2.62 bits per heavy atom. The first-order valence-corrected chi connectivity index (χ1v) is 11.3. The van der Waals surface area contributed by atoms with Crippen molar-refractivity contribution < 1.29 is 14.4 Å². The van der Waals surface area contributed by atoms with Crippen LogP contribution in [0.1, 0.15) is 67.3 Å². The van der Waals surface area contributed by atoms with Crippen LogP contribution in [0.15, 0.2) is 35.4 Å². The molecule has 8 heteroatoms. The lowest BCUT2D eigenvalue weighted by Crippen LogP contribution is -2.42. The number of hydrogen-bond donors (Lipinski definition) is 1. The van der Waals surface area contributed by atoms with E-state index < -0.39 is 5.92 Å². The predicted octanol–water partition coefficient (Wildman–Crippen LogP) is 3.33. The largest absolute Gasteiger partial charge is 0.338 e. The Morgan fingerprint density at radius 1 is 1.09 bits per heavy atom. The highest BCUT2D eigenvalue weighted by Crippen LogP contribution is 2.30. The maximum atomic E-state index is 12.7. The van der Waals surface area contributed by atoms with Crippen molar-refractivity contribution >= 4 is 29.1 Å². The number of benzene rings is 1. The number of H-pyrrole nitrogens is 1. The van der Waals surface area contributed by atoms with Gasteiger partial charge < -0.3 is 4.98 Å². The van der Waals surface area contributed by atoms with Crippen LogP contribution in [0.25, 0.3) is 0 Å². The van der Waals surface area contributed by atoms with Crippen LogP contribution in [0.3, 0.4) is 0 Å². The molecular weight excluding hydrogens is 406 g/mol. The number of Topliss-reactive ketones (excluding diaryl/α,β-unsaturated/α-hetero) is 1. The predicted molar refractivity (Wildman–Crippen MR) is 122 cm³/mol. The van der Waals surface area contributed by atoms with E-state index in [0.29, 0.717) is 49.6 Å². The third-order valence-electron chi connectivity index (χ3n) is 6.07. The van der Waals surface area contributed by atoms with Crippen molar-refractivity contribution in [2.24, 2.45) is 11.0 Å². The molecule has 1 unspecified atom stereocenters. The lowest BCUT2D eigenvalue weighted by atomic mass is 9.92. The SMILES string of the molecule is CCCC1C(=O)c2[nH]c(CCCCN3N=C(c4ccccc4)CCC3=O)nc2N(C)C1=O. The number of carbonyl (C=O) groups is 3. The fourth-order valence-corrected chi connectivity index (χ4v) is 4.28. The summed E-state index contributed by atoms with van der Waals surface area (Å²) in [6.07, 6.45) is 4.65. The van der Waals surface area contributed by atoms with Crippen LogP contribution in [-0.4, -0.2) is 51.9 Å². The highest BCUT2D eigenvalue weighted by Gasteiger charge is 2.39. The van der Waals surface area contributed by atoms with Crippen molar-refractivity contribution in [3.8, 4) is 0 Å². The average molecular weight is 436 g/mol. The molecule has 4 rings (SSSR count). The first-order valence-electron chi connectivity index (χ1n) is 11.3. The van der Waals surface area contributed by atoms with Gasteiger partial charge in [-0.3, -0.25) is 19.3 Å². The molecule has 0 fully saturated rings. The first kappa shape index (κ1) is 21.9. The zero-order chi connectivity index (χ0) is 22.7. The van der Waals surface area contributed by atoms with Gasteiger partial charge in [0.15, 0.2) is 11.6 Å². The van der Waals surface area contributed by atoms with Crippen LogP contribution in [-0.2, 0) is 16.0 Å². The van der Waals surface area contributed by atoms with E-state index >= 15 is 0 Å². The van der Waals surface area contributed by atoms with Gasteiger partial charge in [-0.25, -0.2) is 9.99 Å². The Labute approximate surface area is 187 Å². The maximum Gasteiger partial charge on any atom is 0.243 e. The summed E-state index contributed by atoms with van der Waals surface area (Å²) < 4.78 is 0. The molecule has 168 valence electrons. The molecule has 1 aromatic carbocycles. The second-order valence-corrected chi connectivity index (χ2v) is 8.37. The van der Waals surface area contributed by atoms with Gasteiger partial charge >= 0.3 is 0 Å². The molecule has 0 bridgehead atoms. The van der Waals surface area contributed by atoms with Gasteiger partial charge in [-0.15, -0.1) is 0 Å². The number of aromatic amines is 1. The Hall–Kier alpha value is -3.29. The van der Waals surface area contributed by atoms with Gasteiger partial charge in [0.25, 0.3) is 0 Å². The molecule has 8 nitrogen and oxygen atoms in total. The third-order valence-corrected chi connectivity index (χ3v) is 6.07. The van der Waals surface area contributed by atoms with E-state index in [-0.39, 0.29) is 17.6 Å². The van der Waals surface area contributed by atoms with Crippen molar-refractivity contribution in [1.29, 1.82) is 0 Å². The number of nitrogens with one attached hydrogen (secondary N) is 1. The maximum absolute atomic E-state index is 12.7. The Bertz CT molecular complexity index is 1040. The molecule has 0 saturated carbocycles. The third kappa shape index (κ3) is 4.35. The van der Waals surface area contributed by atoms with Crippen LogP contribution >= 0.6 is 0 Å². The van der Waals surface area contributed by atoms with E-state index in [2.05, 4.69) is 15.1 Å². The molecule has 3 heterocycles. The fourth-order valence-electron chi connectivity index (χ4n) is 4.28. The molecule has 2 aromatic rings. The number of unbranched alkanes of at least 4 members (excludes halogenated alkanes) is 1. The quantitative estimate of drug-likeness (QED) is 0.508. The molecule has 0 aliphatic carbocycles. The Balaban J connectivity index is 1.36. The first-order chi connectivity index (χ1) is 15.5. The average Bonchev–Trinajstić information content (AvgIpc) is 3.24. The topological polar surface area (TPSA) is 98.7 Å². The molecule has 1 aromatic heterocycles. The van der Waals surface area contributed by atoms with Crippen molar-refractivity contribution in [2.45, 2.75) is 51.9 Å². The number of hydrazone groups is 1. The van der Waals surface area contributed by atoms with Gasteiger partial charge in [0, 0.05) is 32.9 Å². The summed E-state index contributed by atoms with van der Waals surface area (Å²) in [7, 11) is 1.67. The summed E-state index contributed by atoms with van der Waals surface area (Å²) in [5.41, 5.74) is 2.43. The zero-order valence-electron chi connectivity index (χ0n) is 18.6. The van der Waals surface area contributed by atoms with E-state index in [1.807, 2.05) is 37.3 Å². The number of imidazole rings is 1. The van der Waals surface area contributed by atoms with E-state index in [1.54, 1.807) is 12.1 Å². The fraction of sp³-hybridized carbons (Fsp3) is 0.458. The number of carbonyl (C=O) groups excluding carboxylic acids is 3. The molecule has 0 saturated heterocycles. The van der Waals surface area contributed by atoms with Crippen molar-refractivity contribution in [3.05, 3.63) is 47.4 Å². The van der Waals surface area contributed by atoms with Gasteiger partial charge in [-0.1, -0.05) is 43.7 Å². The van der Waals surface area contributed by atoms with Gasteiger partial charge in [-0.05, 0) is 24.8 Å². The van der Waals surface area contributed by atoms with Crippen LogP contribution in [0.4, 0.5) is 5.82 Å². The van der Waals surface area contributed by atoms with E-state index in [4.69, 9.17) is 0 Å². The van der Waals surface area contributed by atoms with Crippen molar-refractivity contribution in [1.82, 2.24) is 15.0 Å². The molecule has 0 radical (unpaired) electrons. The second-order valence-electron chi connectivity index (χ2n) is 8.37. The van der Waals surface area contributed by atoms with Crippen LogP contribution in [0.5, 0.6) is 0 Å². The molecule has 32 heavy (non-hydrogen) atoms. The number of ketones is 1. The molecular formula is C24H29N5O3. The minimum Gasteiger partial charge on any atom is -0.338 e. The summed E-state index contributed by atoms with van der Waals surface area (Å²) in [6, 6.07) is 9.94. The zero-order valence-corrected chi connectivity index (χ0v) is 18.6. The molecule has 1 N–H and O–H groups in total. The molecule has 2 aliphatic heterocycles. The number of rotatable bonds is 8. The monoisotopic (exact) mass is 435 g/mol. The van der Waals surface area contributed by atoms with Gasteiger partial charge in [0.2, 0.25) is 11.8 Å². The number of fused-ring (bicyclic) bond motifs is 1. The second kappa shape index (κ2) is 9.46. The number of aryl methyl sites for hydroxylation is 1. The summed E-state index contributed by atoms with van der Waals surface area (Å²) >= 11 is 0. The molecule has 1 atom stereocenters. The summed E-state index contributed by atoms with van der Waals surface area (Å²) in [6.45, 7) is 2.51. The van der Waals surface area contributed by atoms with Crippen LogP contribution < -0.4 is 4.90 Å². The summed E-state index contributed by atoms with van der Waals surface area (Å²) in [5.74, 6) is 0.200. The van der Waals surface area contributed by atoms with Crippen molar-refractivity contribution in [3.63, 3.8) is 0 Å². The highest BCUT2D eigenvalue weighted by atomic mass is 16.2. The molecule has 2 amide bonds. The van der Waals surface area contributed by atoms with Crippen LogP contribution in [0, 0.1) is 5.92 Å². The van der Waals surface area contributed by atoms with E-state index in [1.165, 1.54) is 4.90 Å². The lowest BCUT2D eigenvalue weighted by Gasteiger charge is -2.26. The number of nitrogens with zero attached hydrogens (tertiary/aromatic N) is 4. The number of hydrogen-bond acceptors (Lipinski definition) is 5. The number of aromatic nitrogens is 2. The van der Waals surface area contributed by atoms with Gasteiger partial charge in [-0.2, -0.15) is 5.10 Å². The summed E-state index contributed by atoms with van der Waals surface area (Å²) in [5, 5.41) is 6.15. The molecule has 0 spiro atoms.